The van der Waals surface area contributed by atoms with Crippen molar-refractivity contribution in [1.82, 2.24) is 21.3 Å². The third-order valence-electron chi connectivity index (χ3n) is 3.83. The fourth-order valence-electron chi connectivity index (χ4n) is 2.26. The molecule has 0 bridgehead atoms. The zero-order valence-electron chi connectivity index (χ0n) is 16.2. The van der Waals surface area contributed by atoms with E-state index in [1.165, 1.54) is 48.5 Å². The molecule has 0 atom stereocenters. The summed E-state index contributed by atoms with van der Waals surface area (Å²) >= 11 is 10.0. The van der Waals surface area contributed by atoms with Crippen LogP contribution >= 0.6 is 24.4 Å². The second-order valence-electron chi connectivity index (χ2n) is 6.03. The molecular weight excluding hydrogens is 460 g/mol. The average molecular weight is 476 g/mol. The van der Waals surface area contributed by atoms with Crippen molar-refractivity contribution in [1.29, 1.82) is 0 Å². The summed E-state index contributed by atoms with van der Waals surface area (Å²) in [5.41, 5.74) is 0.135. The Morgan fingerprint density at radius 2 is 1.00 bits per heavy atom. The lowest BCUT2D eigenvalue weighted by molar-refractivity contribution is -0.385. The molecular formula is C18H16N6O6S2. The Balaban J connectivity index is 1.69. The minimum absolute atomic E-state index is 0.0380. The number of nitrogens with zero attached hydrogens (tertiary/aromatic N) is 2. The molecule has 32 heavy (non-hydrogen) atoms. The second kappa shape index (κ2) is 11.4. The number of carbonyl (C=O) groups is 2. The van der Waals surface area contributed by atoms with Crippen molar-refractivity contribution in [3.05, 3.63) is 79.9 Å². The van der Waals surface area contributed by atoms with Gasteiger partial charge in [-0.05, 0) is 48.7 Å². The quantitative estimate of drug-likeness (QED) is 0.198. The maximum absolute atomic E-state index is 12.1. The van der Waals surface area contributed by atoms with Gasteiger partial charge in [0.25, 0.3) is 23.2 Å². The monoisotopic (exact) mass is 476 g/mol. The fourth-order valence-corrected chi connectivity index (χ4v) is 2.65. The summed E-state index contributed by atoms with van der Waals surface area (Å²) in [6, 6.07) is 10.1. The SMILES string of the molecule is O=C(NC(=S)NCCNC(=S)NC(=O)c1ccc([N+](=O)[O-])cc1)c1ccc([N+](=O)[O-])cc1. The number of nitrogens with one attached hydrogen (secondary N) is 4. The first-order valence-corrected chi connectivity index (χ1v) is 9.66. The van der Waals surface area contributed by atoms with Gasteiger partial charge in [0.15, 0.2) is 10.2 Å². The summed E-state index contributed by atoms with van der Waals surface area (Å²) in [6.45, 7) is 0.514. The maximum Gasteiger partial charge on any atom is 0.269 e. The summed E-state index contributed by atoms with van der Waals surface area (Å²) in [5.74, 6) is -1.06. The van der Waals surface area contributed by atoms with Crippen molar-refractivity contribution < 1.29 is 19.4 Å². The number of hydrogen-bond donors (Lipinski definition) is 4. The molecule has 0 radical (unpaired) electrons. The van der Waals surface area contributed by atoms with E-state index in [2.05, 4.69) is 21.3 Å². The van der Waals surface area contributed by atoms with Gasteiger partial charge in [-0.25, -0.2) is 0 Å². The molecule has 0 saturated heterocycles. The fraction of sp³-hybridized carbons (Fsp3) is 0.111. The van der Waals surface area contributed by atoms with E-state index >= 15 is 0 Å². The number of nitro groups is 2. The standard InChI is InChI=1S/C18H16N6O6S2/c25-15(11-1-5-13(6-2-11)23(27)28)21-17(31)19-9-10-20-18(32)22-16(26)12-3-7-14(8-4-12)24(29)30/h1-8H,9-10H2,(H2,19,21,25,31)(H2,20,22,26,32). The zero-order chi connectivity index (χ0) is 23.7. The summed E-state index contributed by atoms with van der Waals surface area (Å²) < 4.78 is 0. The molecule has 0 aromatic heterocycles. The molecule has 0 heterocycles. The van der Waals surface area contributed by atoms with Crippen LogP contribution in [0.3, 0.4) is 0 Å². The first-order valence-electron chi connectivity index (χ1n) is 8.84. The highest BCUT2D eigenvalue weighted by molar-refractivity contribution is 7.80. The summed E-state index contributed by atoms with van der Waals surface area (Å²) in [4.78, 5) is 44.3. The molecule has 166 valence electrons. The van der Waals surface area contributed by atoms with Crippen LogP contribution in [0.2, 0.25) is 0 Å². The highest BCUT2D eigenvalue weighted by Crippen LogP contribution is 2.12. The topological polar surface area (TPSA) is 169 Å². The van der Waals surface area contributed by atoms with Crippen LogP contribution in [0, 0.1) is 20.2 Å². The molecule has 0 aliphatic heterocycles. The van der Waals surface area contributed by atoms with Crippen LogP contribution in [-0.2, 0) is 0 Å². The van der Waals surface area contributed by atoms with E-state index in [0.29, 0.717) is 0 Å². The molecule has 2 amide bonds. The van der Waals surface area contributed by atoms with E-state index < -0.39 is 21.7 Å². The molecule has 2 rings (SSSR count). The lowest BCUT2D eigenvalue weighted by Crippen LogP contribution is -2.45. The van der Waals surface area contributed by atoms with Crippen molar-refractivity contribution in [3.63, 3.8) is 0 Å². The molecule has 12 nitrogen and oxygen atoms in total. The molecule has 14 heteroatoms. The summed E-state index contributed by atoms with van der Waals surface area (Å²) in [7, 11) is 0. The lowest BCUT2D eigenvalue weighted by atomic mass is 10.2. The van der Waals surface area contributed by atoms with E-state index in [4.69, 9.17) is 24.4 Å². The van der Waals surface area contributed by atoms with Crippen LogP contribution in [0.25, 0.3) is 0 Å². The molecule has 0 aliphatic rings. The van der Waals surface area contributed by atoms with Crippen molar-refractivity contribution in [2.45, 2.75) is 0 Å². The highest BCUT2D eigenvalue weighted by Gasteiger charge is 2.12. The van der Waals surface area contributed by atoms with Crippen LogP contribution in [0.4, 0.5) is 11.4 Å². The number of hydrogen-bond acceptors (Lipinski definition) is 8. The van der Waals surface area contributed by atoms with Crippen LogP contribution in [0.5, 0.6) is 0 Å². The second-order valence-corrected chi connectivity index (χ2v) is 6.84. The van der Waals surface area contributed by atoms with E-state index in [-0.39, 0.29) is 45.8 Å². The van der Waals surface area contributed by atoms with Crippen molar-refractivity contribution in [2.75, 3.05) is 13.1 Å². The van der Waals surface area contributed by atoms with Crippen LogP contribution < -0.4 is 21.3 Å². The van der Waals surface area contributed by atoms with Gasteiger partial charge in [0.1, 0.15) is 0 Å². The average Bonchev–Trinajstić information content (AvgIpc) is 2.76. The summed E-state index contributed by atoms with van der Waals surface area (Å²) in [5, 5.41) is 31.7. The third kappa shape index (κ3) is 7.33. The van der Waals surface area contributed by atoms with Crippen LogP contribution in [0.15, 0.2) is 48.5 Å². The number of nitro benzene ring substituents is 2. The van der Waals surface area contributed by atoms with E-state index in [1.807, 2.05) is 0 Å². The first kappa shape index (κ1) is 24.2. The van der Waals surface area contributed by atoms with Crippen molar-refractivity contribution in [3.8, 4) is 0 Å². The largest absolute Gasteiger partial charge is 0.361 e. The minimum Gasteiger partial charge on any atom is -0.361 e. The van der Waals surface area contributed by atoms with Gasteiger partial charge in [0.05, 0.1) is 9.85 Å². The lowest BCUT2D eigenvalue weighted by Gasteiger charge is -2.12. The smallest absolute Gasteiger partial charge is 0.269 e. The maximum atomic E-state index is 12.1. The van der Waals surface area contributed by atoms with Crippen molar-refractivity contribution >= 4 is 57.8 Å². The van der Waals surface area contributed by atoms with Gasteiger partial charge in [-0.2, -0.15) is 0 Å². The van der Waals surface area contributed by atoms with Crippen LogP contribution in [0.1, 0.15) is 20.7 Å². The van der Waals surface area contributed by atoms with Gasteiger partial charge in [0.2, 0.25) is 0 Å². The first-order chi connectivity index (χ1) is 15.2. The van der Waals surface area contributed by atoms with Crippen molar-refractivity contribution in [2.24, 2.45) is 0 Å². The number of thiocarbonyl (C=S) groups is 2. The van der Waals surface area contributed by atoms with E-state index in [0.717, 1.165) is 0 Å². The zero-order valence-corrected chi connectivity index (χ0v) is 17.8. The van der Waals surface area contributed by atoms with Gasteiger partial charge in [-0.1, -0.05) is 0 Å². The van der Waals surface area contributed by atoms with Gasteiger partial charge in [-0.3, -0.25) is 40.5 Å². The summed E-state index contributed by atoms with van der Waals surface area (Å²) in [6.07, 6.45) is 0. The predicted molar refractivity (Wildman–Crippen MR) is 122 cm³/mol. The molecule has 2 aromatic rings. The molecule has 2 aromatic carbocycles. The predicted octanol–water partition coefficient (Wildman–Crippen LogP) is 1.41. The van der Waals surface area contributed by atoms with Crippen LogP contribution in [-0.4, -0.2) is 45.0 Å². The number of amides is 2. The highest BCUT2D eigenvalue weighted by atomic mass is 32.1. The number of benzene rings is 2. The number of rotatable bonds is 7. The Morgan fingerprint density at radius 3 is 1.28 bits per heavy atom. The molecule has 4 N–H and O–H groups in total. The van der Waals surface area contributed by atoms with Gasteiger partial charge >= 0.3 is 0 Å². The normalized spacial score (nSPS) is 9.88. The van der Waals surface area contributed by atoms with E-state index in [1.54, 1.807) is 0 Å². The Bertz CT molecular complexity index is 973. The number of non-ortho nitro benzene ring substituents is 2. The number of carbonyl (C=O) groups excluding carboxylic acids is 2. The minimum atomic E-state index is -0.570. The third-order valence-corrected chi connectivity index (χ3v) is 4.32. The Labute approximate surface area is 191 Å². The molecule has 0 unspecified atom stereocenters. The Kier molecular flexibility index (Phi) is 8.62. The van der Waals surface area contributed by atoms with Gasteiger partial charge in [-0.15, -0.1) is 0 Å². The Morgan fingerprint density at radius 1 is 0.688 bits per heavy atom. The molecule has 0 fully saturated rings. The Hall–Kier alpha value is -4.04. The van der Waals surface area contributed by atoms with E-state index in [9.17, 15) is 29.8 Å². The van der Waals surface area contributed by atoms with Gasteiger partial charge in [0, 0.05) is 48.5 Å². The molecule has 0 saturated carbocycles. The molecule has 0 aliphatic carbocycles. The van der Waals surface area contributed by atoms with Gasteiger partial charge < -0.3 is 10.6 Å². The molecule has 0 spiro atoms.